The van der Waals surface area contributed by atoms with Gasteiger partial charge in [0.1, 0.15) is 10.8 Å². The molecule has 0 aliphatic rings. The molecule has 0 aromatic carbocycles. The monoisotopic (exact) mass is 259 g/mol. The van der Waals surface area contributed by atoms with Crippen molar-refractivity contribution in [3.8, 4) is 11.3 Å². The number of hydrogen-bond acceptors (Lipinski definition) is 3. The van der Waals surface area contributed by atoms with Crippen molar-refractivity contribution in [1.29, 1.82) is 0 Å². The lowest BCUT2D eigenvalue weighted by molar-refractivity contribution is -0.234. The molecule has 7 heteroatoms. The first-order valence-corrected chi connectivity index (χ1v) is 5.01. The fourth-order valence-corrected chi connectivity index (χ4v) is 1.37. The lowest BCUT2D eigenvalue weighted by Gasteiger charge is -2.10. The molecule has 0 saturated heterocycles. The quantitative estimate of drug-likeness (QED) is 0.863. The van der Waals surface area contributed by atoms with Crippen molar-refractivity contribution in [2.75, 3.05) is 7.11 Å². The fourth-order valence-electron chi connectivity index (χ4n) is 1.26. The Balaban J connectivity index is 2.33. The van der Waals surface area contributed by atoms with Gasteiger partial charge in [-0.15, -0.1) is 0 Å². The van der Waals surface area contributed by atoms with Gasteiger partial charge in [-0.1, -0.05) is 11.6 Å². The number of methoxy groups -OCH3 is 1. The maximum absolute atomic E-state index is 13.1. The smallest absolute Gasteiger partial charge is 0.319 e. The number of pyridine rings is 1. The van der Waals surface area contributed by atoms with Crippen LogP contribution in [-0.4, -0.2) is 22.3 Å². The Kier molecular flexibility index (Phi) is 3.08. The molecule has 2 aromatic heterocycles. The van der Waals surface area contributed by atoms with Gasteiger partial charge in [0.05, 0.1) is 5.69 Å². The third-order valence-electron chi connectivity index (χ3n) is 2.17. The topological polar surface area (TPSA) is 50.8 Å². The Morgan fingerprint density at radius 2 is 2.18 bits per heavy atom. The molecule has 0 saturated carbocycles. The standard InChI is InChI=1S/C10H8ClF2N3O/c1-17-10(12,13)8-4-7(15-16-8)6-2-3-9(11)14-5-6/h2-5H,1H3,(H,15,16). The Labute approximate surface area is 101 Å². The van der Waals surface area contributed by atoms with Gasteiger partial charge >= 0.3 is 6.11 Å². The zero-order valence-corrected chi connectivity index (χ0v) is 9.50. The average Bonchev–Trinajstić information content (AvgIpc) is 2.80. The molecule has 0 amide bonds. The number of ether oxygens (including phenoxy) is 1. The van der Waals surface area contributed by atoms with Crippen LogP contribution in [0.4, 0.5) is 8.78 Å². The average molecular weight is 260 g/mol. The van der Waals surface area contributed by atoms with Crippen molar-refractivity contribution in [3.63, 3.8) is 0 Å². The molecule has 2 rings (SSSR count). The Morgan fingerprint density at radius 1 is 1.41 bits per heavy atom. The number of rotatable bonds is 3. The van der Waals surface area contributed by atoms with Crippen LogP contribution in [0.25, 0.3) is 11.3 Å². The largest absolute Gasteiger partial charge is 0.399 e. The minimum absolute atomic E-state index is 0.326. The summed E-state index contributed by atoms with van der Waals surface area (Å²) in [4.78, 5) is 3.84. The SMILES string of the molecule is COC(F)(F)c1cc(-c2ccc(Cl)nc2)n[nH]1. The summed E-state index contributed by atoms with van der Waals surface area (Å²) < 4.78 is 30.3. The molecule has 0 fully saturated rings. The van der Waals surface area contributed by atoms with Crippen molar-refractivity contribution in [3.05, 3.63) is 35.2 Å². The number of halogens is 3. The molecule has 1 N–H and O–H groups in total. The second kappa shape index (κ2) is 4.38. The fraction of sp³-hybridized carbons (Fsp3) is 0.200. The van der Waals surface area contributed by atoms with Crippen LogP contribution < -0.4 is 0 Å². The molecule has 0 unspecified atom stereocenters. The van der Waals surface area contributed by atoms with Gasteiger partial charge in [-0.25, -0.2) is 4.98 Å². The van der Waals surface area contributed by atoms with Gasteiger partial charge in [-0.3, -0.25) is 5.10 Å². The maximum Gasteiger partial charge on any atom is 0.399 e. The molecule has 0 radical (unpaired) electrons. The molecule has 0 bridgehead atoms. The minimum atomic E-state index is -3.38. The summed E-state index contributed by atoms with van der Waals surface area (Å²) in [6, 6.07) is 4.40. The normalized spacial score (nSPS) is 11.8. The maximum atomic E-state index is 13.1. The zero-order valence-electron chi connectivity index (χ0n) is 8.75. The second-order valence-electron chi connectivity index (χ2n) is 3.26. The molecule has 2 heterocycles. The molecule has 90 valence electrons. The molecule has 0 atom stereocenters. The molecule has 2 aromatic rings. The van der Waals surface area contributed by atoms with Crippen LogP contribution in [0.1, 0.15) is 5.69 Å². The van der Waals surface area contributed by atoms with E-state index < -0.39 is 11.8 Å². The first-order valence-electron chi connectivity index (χ1n) is 4.64. The third kappa shape index (κ3) is 2.42. The molecular formula is C10H8ClF2N3O. The van der Waals surface area contributed by atoms with Gasteiger partial charge in [0.25, 0.3) is 0 Å². The van der Waals surface area contributed by atoms with E-state index in [9.17, 15) is 8.78 Å². The Morgan fingerprint density at radius 3 is 2.76 bits per heavy atom. The molecule has 0 spiro atoms. The summed E-state index contributed by atoms with van der Waals surface area (Å²) in [6.07, 6.45) is -1.93. The van der Waals surface area contributed by atoms with Crippen molar-refractivity contribution in [1.82, 2.24) is 15.2 Å². The summed E-state index contributed by atoms with van der Waals surface area (Å²) in [7, 11) is 0.921. The van der Waals surface area contributed by atoms with E-state index in [0.717, 1.165) is 7.11 Å². The number of H-pyrrole nitrogens is 1. The number of alkyl halides is 2. The first kappa shape index (κ1) is 11.9. The van der Waals surface area contributed by atoms with Crippen LogP contribution in [-0.2, 0) is 10.8 Å². The van der Waals surface area contributed by atoms with Gasteiger partial charge < -0.3 is 4.74 Å². The summed E-state index contributed by atoms with van der Waals surface area (Å²) in [5.74, 6) is 0. The Hall–Kier alpha value is -1.53. The molecule has 0 aliphatic heterocycles. The van der Waals surface area contributed by atoms with Crippen LogP contribution >= 0.6 is 11.6 Å². The van der Waals surface area contributed by atoms with Crippen LogP contribution in [0.15, 0.2) is 24.4 Å². The highest BCUT2D eigenvalue weighted by Crippen LogP contribution is 2.29. The van der Waals surface area contributed by atoms with E-state index in [4.69, 9.17) is 11.6 Å². The van der Waals surface area contributed by atoms with E-state index in [1.807, 2.05) is 0 Å². The zero-order chi connectivity index (χ0) is 12.5. The van der Waals surface area contributed by atoms with Gasteiger partial charge in [0, 0.05) is 18.9 Å². The van der Waals surface area contributed by atoms with Gasteiger partial charge in [0.2, 0.25) is 0 Å². The summed E-state index contributed by atoms with van der Waals surface area (Å²) in [6.45, 7) is 0. The van der Waals surface area contributed by atoms with Crippen LogP contribution in [0.3, 0.4) is 0 Å². The number of nitrogens with zero attached hydrogens (tertiary/aromatic N) is 2. The van der Waals surface area contributed by atoms with Gasteiger partial charge in [0.15, 0.2) is 0 Å². The van der Waals surface area contributed by atoms with Crippen molar-refractivity contribution in [2.24, 2.45) is 0 Å². The number of aromatic nitrogens is 3. The van der Waals surface area contributed by atoms with Gasteiger partial charge in [-0.05, 0) is 18.2 Å². The van der Waals surface area contributed by atoms with Crippen LogP contribution in [0, 0.1) is 0 Å². The number of aromatic amines is 1. The minimum Gasteiger partial charge on any atom is -0.319 e. The van der Waals surface area contributed by atoms with E-state index in [2.05, 4.69) is 19.9 Å². The molecule has 17 heavy (non-hydrogen) atoms. The first-order chi connectivity index (χ1) is 8.03. The Bertz CT molecular complexity index is 513. The van der Waals surface area contributed by atoms with Crippen molar-refractivity contribution in [2.45, 2.75) is 6.11 Å². The highest BCUT2D eigenvalue weighted by molar-refractivity contribution is 6.29. The lowest BCUT2D eigenvalue weighted by Crippen LogP contribution is -2.15. The van der Waals surface area contributed by atoms with E-state index in [-0.39, 0.29) is 0 Å². The number of hydrogen-bond donors (Lipinski definition) is 1. The van der Waals surface area contributed by atoms with Crippen LogP contribution in [0.5, 0.6) is 0 Å². The molecular weight excluding hydrogens is 252 g/mol. The predicted molar refractivity (Wildman–Crippen MR) is 57.7 cm³/mol. The second-order valence-corrected chi connectivity index (χ2v) is 3.64. The lowest BCUT2D eigenvalue weighted by atomic mass is 10.2. The summed E-state index contributed by atoms with van der Waals surface area (Å²) >= 11 is 5.62. The summed E-state index contributed by atoms with van der Waals surface area (Å²) in [5.41, 5.74) is 0.523. The van der Waals surface area contributed by atoms with Crippen molar-refractivity contribution < 1.29 is 13.5 Å². The summed E-state index contributed by atoms with van der Waals surface area (Å²) in [5, 5.41) is 6.31. The molecule has 4 nitrogen and oxygen atoms in total. The van der Waals surface area contributed by atoms with E-state index in [0.29, 0.717) is 16.4 Å². The van der Waals surface area contributed by atoms with Crippen LogP contribution in [0.2, 0.25) is 5.15 Å². The van der Waals surface area contributed by atoms with E-state index in [1.54, 1.807) is 12.1 Å². The van der Waals surface area contributed by atoms with E-state index >= 15 is 0 Å². The number of nitrogens with one attached hydrogen (secondary N) is 1. The third-order valence-corrected chi connectivity index (χ3v) is 2.39. The highest BCUT2D eigenvalue weighted by atomic mass is 35.5. The van der Waals surface area contributed by atoms with Crippen molar-refractivity contribution >= 4 is 11.6 Å². The van der Waals surface area contributed by atoms with E-state index in [1.165, 1.54) is 12.3 Å². The predicted octanol–water partition coefficient (Wildman–Crippen LogP) is 2.82. The van der Waals surface area contributed by atoms with Gasteiger partial charge in [-0.2, -0.15) is 13.9 Å². The molecule has 0 aliphatic carbocycles. The highest BCUT2D eigenvalue weighted by Gasteiger charge is 2.33.